The minimum absolute atomic E-state index is 0.387. The second kappa shape index (κ2) is 3.19. The first kappa shape index (κ1) is 7.68. The maximum absolute atomic E-state index is 12.4. The monoisotopic (exact) mass is 166 g/mol. The van der Waals surface area contributed by atoms with E-state index in [2.05, 4.69) is 10.3 Å². The fourth-order valence-corrected chi connectivity index (χ4v) is 1.56. The molecule has 1 aliphatic heterocycles. The Balaban J connectivity index is 2.17. The highest BCUT2D eigenvalue weighted by molar-refractivity contribution is 5.15. The summed E-state index contributed by atoms with van der Waals surface area (Å²) in [7, 11) is 0. The molecule has 0 unspecified atom stereocenters. The van der Waals surface area contributed by atoms with Gasteiger partial charge in [0.15, 0.2) is 0 Å². The van der Waals surface area contributed by atoms with Gasteiger partial charge in [-0.2, -0.15) is 4.39 Å². The van der Waals surface area contributed by atoms with E-state index in [1.54, 1.807) is 12.3 Å². The molecule has 0 spiro atoms. The van der Waals surface area contributed by atoms with Crippen molar-refractivity contribution in [3.63, 3.8) is 0 Å². The molecule has 12 heavy (non-hydrogen) atoms. The van der Waals surface area contributed by atoms with Crippen LogP contribution < -0.4 is 5.32 Å². The Morgan fingerprint density at radius 3 is 3.00 bits per heavy atom. The van der Waals surface area contributed by atoms with Crippen molar-refractivity contribution in [3.05, 3.63) is 29.8 Å². The van der Waals surface area contributed by atoms with Gasteiger partial charge in [0.25, 0.3) is 0 Å². The minimum Gasteiger partial charge on any atom is -0.310 e. The highest BCUT2D eigenvalue weighted by Crippen LogP contribution is 2.21. The Kier molecular flexibility index (Phi) is 2.04. The smallest absolute Gasteiger partial charge is 0.212 e. The average molecular weight is 166 g/mol. The van der Waals surface area contributed by atoms with Crippen LogP contribution in [0.2, 0.25) is 0 Å². The van der Waals surface area contributed by atoms with E-state index < -0.39 is 5.95 Å². The number of nitrogens with one attached hydrogen (secondary N) is 1. The Bertz CT molecular complexity index is 252. The van der Waals surface area contributed by atoms with Crippen molar-refractivity contribution in [2.24, 2.45) is 0 Å². The molecule has 0 aliphatic carbocycles. The van der Waals surface area contributed by atoms with Gasteiger partial charge in [0.1, 0.15) is 0 Å². The maximum atomic E-state index is 12.4. The van der Waals surface area contributed by atoms with Crippen molar-refractivity contribution in [2.75, 3.05) is 6.54 Å². The van der Waals surface area contributed by atoms with E-state index in [9.17, 15) is 4.39 Å². The molecule has 0 amide bonds. The first-order chi connectivity index (χ1) is 5.86. The Hall–Kier alpha value is -0.960. The van der Waals surface area contributed by atoms with E-state index in [4.69, 9.17) is 0 Å². The van der Waals surface area contributed by atoms with Crippen LogP contribution in [0.4, 0.5) is 4.39 Å². The van der Waals surface area contributed by atoms with Gasteiger partial charge < -0.3 is 5.32 Å². The molecule has 1 N–H and O–H groups in total. The summed E-state index contributed by atoms with van der Waals surface area (Å²) >= 11 is 0. The molecule has 0 bridgehead atoms. The number of hydrogen-bond acceptors (Lipinski definition) is 2. The molecule has 0 radical (unpaired) electrons. The molecule has 3 heteroatoms. The third-order valence-corrected chi connectivity index (χ3v) is 2.21. The minimum atomic E-state index is -0.406. The molecule has 1 aliphatic rings. The van der Waals surface area contributed by atoms with Crippen LogP contribution >= 0.6 is 0 Å². The lowest BCUT2D eigenvalue weighted by atomic mass is 10.1. The van der Waals surface area contributed by atoms with Gasteiger partial charge >= 0.3 is 0 Å². The molecule has 0 aromatic carbocycles. The fraction of sp³-hybridized carbons (Fsp3) is 0.444. The zero-order valence-corrected chi connectivity index (χ0v) is 6.76. The van der Waals surface area contributed by atoms with Crippen LogP contribution in [0.25, 0.3) is 0 Å². The van der Waals surface area contributed by atoms with E-state index in [-0.39, 0.29) is 0 Å². The van der Waals surface area contributed by atoms with Crippen LogP contribution in [0.15, 0.2) is 18.3 Å². The van der Waals surface area contributed by atoms with Crippen molar-refractivity contribution in [3.8, 4) is 0 Å². The molecule has 2 rings (SSSR count). The van der Waals surface area contributed by atoms with Crippen molar-refractivity contribution in [1.29, 1.82) is 0 Å². The maximum Gasteiger partial charge on any atom is 0.212 e. The van der Waals surface area contributed by atoms with Gasteiger partial charge in [-0.05, 0) is 31.0 Å². The highest BCUT2D eigenvalue weighted by atomic mass is 19.1. The van der Waals surface area contributed by atoms with Gasteiger partial charge in [0.2, 0.25) is 5.95 Å². The van der Waals surface area contributed by atoms with Crippen molar-refractivity contribution >= 4 is 0 Å². The summed E-state index contributed by atoms with van der Waals surface area (Å²) in [6.07, 6.45) is 3.94. The van der Waals surface area contributed by atoms with E-state index >= 15 is 0 Å². The normalized spacial score (nSPS) is 22.9. The third-order valence-electron chi connectivity index (χ3n) is 2.21. The first-order valence-electron chi connectivity index (χ1n) is 4.21. The van der Waals surface area contributed by atoms with Crippen molar-refractivity contribution in [1.82, 2.24) is 10.3 Å². The fourth-order valence-electron chi connectivity index (χ4n) is 1.56. The molecule has 2 heterocycles. The van der Waals surface area contributed by atoms with E-state index in [1.165, 1.54) is 12.5 Å². The number of aromatic nitrogens is 1. The second-order valence-corrected chi connectivity index (χ2v) is 3.06. The number of nitrogens with zero attached hydrogens (tertiary/aromatic N) is 1. The molecular formula is C9H11FN2. The molecular weight excluding hydrogens is 155 g/mol. The van der Waals surface area contributed by atoms with E-state index in [0.717, 1.165) is 18.5 Å². The SMILES string of the molecule is Fc1ccc([C@@H]2CCCN2)cn1. The zero-order valence-electron chi connectivity index (χ0n) is 6.76. The predicted octanol–water partition coefficient (Wildman–Crippen LogP) is 1.65. The van der Waals surface area contributed by atoms with Crippen LogP contribution in [0.1, 0.15) is 24.4 Å². The standard InChI is InChI=1S/C9H11FN2/c10-9-4-3-7(6-12-9)8-2-1-5-11-8/h3-4,6,8,11H,1-2,5H2/t8-/m0/s1. The summed E-state index contributed by atoms with van der Waals surface area (Å²) in [4.78, 5) is 3.62. The van der Waals surface area contributed by atoms with Gasteiger partial charge in [0.05, 0.1) is 0 Å². The summed E-state index contributed by atoms with van der Waals surface area (Å²) in [5.74, 6) is -0.406. The lowest BCUT2D eigenvalue weighted by Gasteiger charge is -2.08. The molecule has 1 aromatic heterocycles. The summed E-state index contributed by atoms with van der Waals surface area (Å²) in [6.45, 7) is 1.06. The summed E-state index contributed by atoms with van der Waals surface area (Å²) in [6, 6.07) is 3.60. The molecule has 64 valence electrons. The highest BCUT2D eigenvalue weighted by Gasteiger charge is 2.15. The van der Waals surface area contributed by atoms with Gasteiger partial charge in [-0.25, -0.2) is 4.98 Å². The average Bonchev–Trinajstić information content (AvgIpc) is 2.58. The van der Waals surface area contributed by atoms with Gasteiger partial charge in [0, 0.05) is 12.2 Å². The Morgan fingerprint density at radius 2 is 2.42 bits per heavy atom. The van der Waals surface area contributed by atoms with Gasteiger partial charge in [-0.1, -0.05) is 6.07 Å². The van der Waals surface area contributed by atoms with Gasteiger partial charge in [-0.15, -0.1) is 0 Å². The summed E-state index contributed by atoms with van der Waals surface area (Å²) < 4.78 is 12.4. The third kappa shape index (κ3) is 1.46. The Labute approximate surface area is 70.8 Å². The largest absolute Gasteiger partial charge is 0.310 e. The van der Waals surface area contributed by atoms with E-state index in [0.29, 0.717) is 6.04 Å². The molecule has 1 aromatic rings. The zero-order chi connectivity index (χ0) is 8.39. The molecule has 0 saturated carbocycles. The van der Waals surface area contributed by atoms with Gasteiger partial charge in [-0.3, -0.25) is 0 Å². The number of pyridine rings is 1. The van der Waals surface area contributed by atoms with Crippen LogP contribution in [0.5, 0.6) is 0 Å². The van der Waals surface area contributed by atoms with Crippen molar-refractivity contribution < 1.29 is 4.39 Å². The Morgan fingerprint density at radius 1 is 1.50 bits per heavy atom. The van der Waals surface area contributed by atoms with Crippen LogP contribution in [0, 0.1) is 5.95 Å². The quantitative estimate of drug-likeness (QED) is 0.641. The summed E-state index contributed by atoms with van der Waals surface area (Å²) in [5, 5.41) is 3.33. The van der Waals surface area contributed by atoms with Crippen LogP contribution in [-0.4, -0.2) is 11.5 Å². The van der Waals surface area contributed by atoms with Crippen molar-refractivity contribution in [2.45, 2.75) is 18.9 Å². The number of rotatable bonds is 1. The van der Waals surface area contributed by atoms with E-state index in [1.807, 2.05) is 0 Å². The topological polar surface area (TPSA) is 24.9 Å². The molecule has 2 nitrogen and oxygen atoms in total. The number of hydrogen-bond donors (Lipinski definition) is 1. The van der Waals surface area contributed by atoms with Crippen LogP contribution in [-0.2, 0) is 0 Å². The molecule has 1 atom stereocenters. The molecule has 1 fully saturated rings. The second-order valence-electron chi connectivity index (χ2n) is 3.06. The predicted molar refractivity (Wildman–Crippen MR) is 44.2 cm³/mol. The lowest BCUT2D eigenvalue weighted by molar-refractivity contribution is 0.575. The lowest BCUT2D eigenvalue weighted by Crippen LogP contribution is -2.12. The number of halogens is 1. The molecule has 1 saturated heterocycles. The van der Waals surface area contributed by atoms with Crippen LogP contribution in [0.3, 0.4) is 0 Å². The summed E-state index contributed by atoms with van der Waals surface area (Å²) in [5.41, 5.74) is 1.09. The first-order valence-corrected chi connectivity index (χ1v) is 4.21.